The van der Waals surface area contributed by atoms with Gasteiger partial charge < -0.3 is 0 Å². The summed E-state index contributed by atoms with van der Waals surface area (Å²) in [6, 6.07) is 0. The Balaban J connectivity index is 2.29. The van der Waals surface area contributed by atoms with Crippen molar-refractivity contribution in [1.29, 1.82) is 0 Å². The molecule has 0 spiro atoms. The van der Waals surface area contributed by atoms with Gasteiger partial charge in [0.1, 0.15) is 0 Å². The summed E-state index contributed by atoms with van der Waals surface area (Å²) in [6.07, 6.45) is 2.99. The van der Waals surface area contributed by atoms with Crippen molar-refractivity contribution < 1.29 is 0 Å². The zero-order chi connectivity index (χ0) is 13.2. The predicted octanol–water partition coefficient (Wildman–Crippen LogP) is 5.38. The number of rotatable bonds is 1. The molecule has 0 radical (unpaired) electrons. The monoisotopic (exact) mass is 236 g/mol. The van der Waals surface area contributed by atoms with Crippen molar-refractivity contribution in [1.82, 2.24) is 0 Å². The number of hydrogen-bond acceptors (Lipinski definition) is 0. The molecule has 0 heteroatoms. The van der Waals surface area contributed by atoms with Gasteiger partial charge in [0.2, 0.25) is 0 Å². The molecule has 0 aliphatic heterocycles. The largest absolute Gasteiger partial charge is 0.0615 e. The van der Waals surface area contributed by atoms with E-state index in [-0.39, 0.29) is 0 Å². The van der Waals surface area contributed by atoms with Crippen molar-refractivity contribution in [3.63, 3.8) is 0 Å². The van der Waals surface area contributed by atoms with Crippen LogP contribution in [0.3, 0.4) is 0 Å². The Morgan fingerprint density at radius 3 is 1.82 bits per heavy atom. The van der Waals surface area contributed by atoms with Crippen LogP contribution in [-0.4, -0.2) is 0 Å². The minimum atomic E-state index is 0.443. The van der Waals surface area contributed by atoms with Crippen LogP contribution in [0.15, 0.2) is 0 Å². The second kappa shape index (κ2) is 3.52. The number of hydrogen-bond donors (Lipinski definition) is 0. The van der Waals surface area contributed by atoms with Crippen molar-refractivity contribution in [2.24, 2.45) is 39.9 Å². The molecular formula is C17H32. The first-order chi connectivity index (χ1) is 7.50. The van der Waals surface area contributed by atoms with Crippen molar-refractivity contribution >= 4 is 0 Å². The van der Waals surface area contributed by atoms with Gasteiger partial charge in [-0.15, -0.1) is 0 Å². The summed E-state index contributed by atoms with van der Waals surface area (Å²) in [7, 11) is 0. The molecule has 0 bridgehead atoms. The van der Waals surface area contributed by atoms with Crippen LogP contribution >= 0.6 is 0 Å². The average Bonchev–Trinajstić information content (AvgIpc) is 2.06. The molecule has 4 unspecified atom stereocenters. The third-order valence-electron chi connectivity index (χ3n) is 6.39. The van der Waals surface area contributed by atoms with Crippen LogP contribution in [0.5, 0.6) is 0 Å². The second-order valence-electron chi connectivity index (χ2n) is 9.15. The van der Waals surface area contributed by atoms with Crippen LogP contribution in [-0.2, 0) is 0 Å². The quantitative estimate of drug-likeness (QED) is 0.573. The van der Waals surface area contributed by atoms with E-state index in [2.05, 4.69) is 55.4 Å². The Kier molecular flexibility index (Phi) is 2.78. The molecule has 2 saturated carbocycles. The summed E-state index contributed by atoms with van der Waals surface area (Å²) in [5, 5.41) is 0. The van der Waals surface area contributed by atoms with Crippen molar-refractivity contribution in [3.05, 3.63) is 0 Å². The molecule has 0 saturated heterocycles. The second-order valence-corrected chi connectivity index (χ2v) is 9.15. The summed E-state index contributed by atoms with van der Waals surface area (Å²) < 4.78 is 0. The van der Waals surface area contributed by atoms with Gasteiger partial charge in [0.05, 0.1) is 0 Å². The highest BCUT2D eigenvalue weighted by Gasteiger charge is 2.68. The topological polar surface area (TPSA) is 0 Å². The number of fused-ring (bicyclic) bond motifs is 1. The van der Waals surface area contributed by atoms with Gasteiger partial charge in [-0.3, -0.25) is 0 Å². The van der Waals surface area contributed by atoms with Gasteiger partial charge in [-0.25, -0.2) is 0 Å². The SMILES string of the molecule is CC(C(C)(C)C)C1(C)C(C(C)(C)C)C2CC[C@H]21. The van der Waals surface area contributed by atoms with Gasteiger partial charge in [-0.1, -0.05) is 55.4 Å². The fraction of sp³-hybridized carbons (Fsp3) is 1.00. The van der Waals surface area contributed by atoms with Gasteiger partial charge in [-0.05, 0) is 52.8 Å². The van der Waals surface area contributed by atoms with Crippen molar-refractivity contribution in [3.8, 4) is 0 Å². The first-order valence-corrected chi connectivity index (χ1v) is 7.50. The maximum atomic E-state index is 2.60. The molecule has 2 rings (SSSR count). The molecular weight excluding hydrogens is 204 g/mol. The van der Waals surface area contributed by atoms with E-state index in [1.165, 1.54) is 12.8 Å². The summed E-state index contributed by atoms with van der Waals surface area (Å²) in [5.41, 5.74) is 1.51. The van der Waals surface area contributed by atoms with Crippen LogP contribution in [0.25, 0.3) is 0 Å². The van der Waals surface area contributed by atoms with Crippen LogP contribution < -0.4 is 0 Å². The maximum absolute atomic E-state index is 2.60. The van der Waals surface area contributed by atoms with E-state index in [9.17, 15) is 0 Å². The Morgan fingerprint density at radius 2 is 1.53 bits per heavy atom. The highest BCUT2D eigenvalue weighted by atomic mass is 14.7. The molecule has 17 heavy (non-hydrogen) atoms. The van der Waals surface area contributed by atoms with E-state index in [4.69, 9.17) is 0 Å². The van der Waals surface area contributed by atoms with E-state index >= 15 is 0 Å². The van der Waals surface area contributed by atoms with Crippen LogP contribution in [0.1, 0.15) is 68.2 Å². The molecule has 0 aromatic rings. The van der Waals surface area contributed by atoms with Gasteiger partial charge in [0.15, 0.2) is 0 Å². The molecule has 2 aliphatic carbocycles. The first-order valence-electron chi connectivity index (χ1n) is 7.50. The zero-order valence-corrected chi connectivity index (χ0v) is 13.2. The Labute approximate surface area is 109 Å². The molecule has 100 valence electrons. The van der Waals surface area contributed by atoms with Gasteiger partial charge in [0.25, 0.3) is 0 Å². The van der Waals surface area contributed by atoms with Gasteiger partial charge >= 0.3 is 0 Å². The Hall–Kier alpha value is 0. The van der Waals surface area contributed by atoms with Crippen LogP contribution in [0, 0.1) is 39.9 Å². The highest BCUT2D eigenvalue weighted by Crippen LogP contribution is 2.74. The molecule has 0 heterocycles. The molecule has 0 aromatic heterocycles. The van der Waals surface area contributed by atoms with Crippen LogP contribution in [0.4, 0.5) is 0 Å². The fourth-order valence-corrected chi connectivity index (χ4v) is 5.37. The van der Waals surface area contributed by atoms with E-state index in [1.54, 1.807) is 0 Å². The van der Waals surface area contributed by atoms with E-state index in [0.29, 0.717) is 16.2 Å². The van der Waals surface area contributed by atoms with Crippen molar-refractivity contribution in [2.75, 3.05) is 0 Å². The van der Waals surface area contributed by atoms with Gasteiger partial charge in [-0.2, -0.15) is 0 Å². The molecule has 2 aliphatic rings. The molecule has 5 atom stereocenters. The molecule has 0 amide bonds. The summed E-state index contributed by atoms with van der Waals surface area (Å²) in [4.78, 5) is 0. The Morgan fingerprint density at radius 1 is 1.00 bits per heavy atom. The minimum absolute atomic E-state index is 0.443. The zero-order valence-electron chi connectivity index (χ0n) is 13.2. The van der Waals surface area contributed by atoms with Crippen molar-refractivity contribution in [2.45, 2.75) is 68.2 Å². The first kappa shape index (κ1) is 13.4. The Bertz CT molecular complexity index is 301. The third-order valence-corrected chi connectivity index (χ3v) is 6.39. The standard InChI is InChI=1S/C17H32/c1-11(15(2,3)4)17(8)13-10-9-12(13)14(17)16(5,6)7/h11-14H,9-10H2,1-8H3/t11?,12?,13-,14?,17?/m1/s1. The normalized spacial score (nSPS) is 43.4. The average molecular weight is 236 g/mol. The van der Waals surface area contributed by atoms with E-state index in [1.807, 2.05) is 0 Å². The lowest BCUT2D eigenvalue weighted by Crippen LogP contribution is -2.68. The van der Waals surface area contributed by atoms with E-state index < -0.39 is 0 Å². The summed E-state index contributed by atoms with van der Waals surface area (Å²) >= 11 is 0. The molecule has 0 N–H and O–H groups in total. The predicted molar refractivity (Wildman–Crippen MR) is 75.9 cm³/mol. The van der Waals surface area contributed by atoms with E-state index in [0.717, 1.165) is 23.7 Å². The smallest absolute Gasteiger partial charge is 0.0228 e. The van der Waals surface area contributed by atoms with Gasteiger partial charge in [0, 0.05) is 0 Å². The highest BCUT2D eigenvalue weighted by molar-refractivity contribution is 5.16. The lowest BCUT2D eigenvalue weighted by molar-refractivity contribution is -0.254. The molecule has 0 aromatic carbocycles. The lowest BCUT2D eigenvalue weighted by atomic mass is 9.31. The summed E-state index contributed by atoms with van der Waals surface area (Å²) in [5.74, 6) is 3.83. The minimum Gasteiger partial charge on any atom is -0.0615 e. The molecule has 0 nitrogen and oxygen atoms in total. The lowest BCUT2D eigenvalue weighted by Gasteiger charge is -2.73. The summed E-state index contributed by atoms with van der Waals surface area (Å²) in [6.45, 7) is 19.8. The fourth-order valence-electron chi connectivity index (χ4n) is 5.37. The molecule has 2 fully saturated rings. The maximum Gasteiger partial charge on any atom is -0.0228 e. The van der Waals surface area contributed by atoms with Crippen LogP contribution in [0.2, 0.25) is 0 Å². The third kappa shape index (κ3) is 1.70.